The van der Waals surface area contributed by atoms with Crippen LogP contribution < -0.4 is 16.0 Å². The summed E-state index contributed by atoms with van der Waals surface area (Å²) in [6.07, 6.45) is 4.89. The first-order chi connectivity index (χ1) is 16.6. The summed E-state index contributed by atoms with van der Waals surface area (Å²) >= 11 is 0. The highest BCUT2D eigenvalue weighted by atomic mass is 19.1. The van der Waals surface area contributed by atoms with Crippen LogP contribution in [0, 0.1) is 5.82 Å². The van der Waals surface area contributed by atoms with Gasteiger partial charge in [-0.1, -0.05) is 6.07 Å². The van der Waals surface area contributed by atoms with Gasteiger partial charge in [0.2, 0.25) is 0 Å². The maximum Gasteiger partial charge on any atom is 0.255 e. The highest BCUT2D eigenvalue weighted by molar-refractivity contribution is 6.05. The topological polar surface area (TPSA) is 91.8 Å². The van der Waals surface area contributed by atoms with Crippen LogP contribution in [0.4, 0.5) is 32.8 Å². The van der Waals surface area contributed by atoms with Gasteiger partial charge in [0.15, 0.2) is 0 Å². The number of anilines is 5. The molecule has 3 aromatic carbocycles. The van der Waals surface area contributed by atoms with Crippen molar-refractivity contribution >= 4 is 45.2 Å². The fourth-order valence-electron chi connectivity index (χ4n) is 3.49. The molecule has 2 heterocycles. The fraction of sp³-hybridized carbons (Fsp3) is 0. The second-order valence-corrected chi connectivity index (χ2v) is 7.51. The number of nitrogens with one attached hydrogen (secondary N) is 3. The molecule has 0 bridgehead atoms. The van der Waals surface area contributed by atoms with Crippen LogP contribution in [0.2, 0.25) is 0 Å². The molecule has 0 aliphatic heterocycles. The van der Waals surface area contributed by atoms with Crippen molar-refractivity contribution in [2.24, 2.45) is 0 Å². The van der Waals surface area contributed by atoms with E-state index < -0.39 is 0 Å². The Bertz CT molecular complexity index is 1460. The molecule has 2 aromatic heterocycles. The van der Waals surface area contributed by atoms with Gasteiger partial charge in [0, 0.05) is 39.9 Å². The molecular formula is C26H19FN6O. The predicted octanol–water partition coefficient (Wildman–Crippen LogP) is 5.90. The third kappa shape index (κ3) is 4.81. The zero-order chi connectivity index (χ0) is 23.3. The maximum atomic E-state index is 13.7. The summed E-state index contributed by atoms with van der Waals surface area (Å²) in [5.41, 5.74) is 4.92. The summed E-state index contributed by atoms with van der Waals surface area (Å²) in [6.45, 7) is 0. The zero-order valence-corrected chi connectivity index (χ0v) is 17.9. The van der Waals surface area contributed by atoms with E-state index in [1.165, 1.54) is 12.1 Å². The van der Waals surface area contributed by atoms with E-state index in [0.717, 1.165) is 11.4 Å². The Hall–Kier alpha value is -4.85. The Labute approximate surface area is 194 Å². The lowest BCUT2D eigenvalue weighted by atomic mass is 10.1. The average molecular weight is 450 g/mol. The lowest BCUT2D eigenvalue weighted by Gasteiger charge is -2.12. The first-order valence-corrected chi connectivity index (χ1v) is 10.5. The molecule has 8 heteroatoms. The highest BCUT2D eigenvalue weighted by Gasteiger charge is 2.09. The number of hydrogen-bond acceptors (Lipinski definition) is 6. The minimum absolute atomic E-state index is 0.242. The third-order valence-electron chi connectivity index (χ3n) is 5.12. The molecule has 0 radical (unpaired) electrons. The first-order valence-electron chi connectivity index (χ1n) is 10.5. The second kappa shape index (κ2) is 9.33. The molecule has 5 aromatic rings. The van der Waals surface area contributed by atoms with E-state index in [1.54, 1.807) is 48.9 Å². The number of fused-ring (bicyclic) bond motifs is 1. The van der Waals surface area contributed by atoms with Crippen LogP contribution in [0.1, 0.15) is 10.4 Å². The minimum atomic E-state index is -0.338. The van der Waals surface area contributed by atoms with E-state index in [9.17, 15) is 9.18 Å². The van der Waals surface area contributed by atoms with E-state index in [0.29, 0.717) is 33.5 Å². The molecule has 0 fully saturated rings. The number of carbonyl (C=O) groups is 1. The van der Waals surface area contributed by atoms with E-state index in [4.69, 9.17) is 0 Å². The molecule has 0 atom stereocenters. The van der Waals surface area contributed by atoms with Crippen molar-refractivity contribution in [1.82, 2.24) is 15.2 Å². The monoisotopic (exact) mass is 450 g/mol. The van der Waals surface area contributed by atoms with Crippen molar-refractivity contribution in [3.63, 3.8) is 0 Å². The lowest BCUT2D eigenvalue weighted by Crippen LogP contribution is -2.12. The molecule has 5 rings (SSSR count). The quantitative estimate of drug-likeness (QED) is 0.298. The molecule has 0 spiro atoms. The number of rotatable bonds is 6. The average Bonchev–Trinajstić information content (AvgIpc) is 2.86. The number of halogens is 1. The number of hydrogen-bond donors (Lipinski definition) is 3. The van der Waals surface area contributed by atoms with Crippen LogP contribution in [0.5, 0.6) is 0 Å². The number of carbonyl (C=O) groups excluding carboxylic acids is 1. The molecule has 7 nitrogen and oxygen atoms in total. The minimum Gasteiger partial charge on any atom is -0.355 e. The van der Waals surface area contributed by atoms with Gasteiger partial charge >= 0.3 is 0 Å². The molecule has 0 saturated heterocycles. The Balaban J connectivity index is 1.29. The molecule has 0 aliphatic rings. The standard InChI is InChI=1S/C26H19FN6O/c27-18-4-9-24-23(15-18)25(11-12-28-24)32-21-3-1-2-17(14-21)26(34)33-20-7-5-19(6-8-20)31-22-10-13-29-30-16-22/h1-16H,(H,28,32)(H,29,31)(H,33,34). The summed E-state index contributed by atoms with van der Waals surface area (Å²) < 4.78 is 13.7. The Kier molecular flexibility index (Phi) is 5.77. The van der Waals surface area contributed by atoms with Gasteiger partial charge in [-0.25, -0.2) is 4.39 Å². The van der Waals surface area contributed by atoms with Crippen molar-refractivity contribution in [2.45, 2.75) is 0 Å². The predicted molar refractivity (Wildman–Crippen MR) is 131 cm³/mol. The van der Waals surface area contributed by atoms with Crippen LogP contribution >= 0.6 is 0 Å². The lowest BCUT2D eigenvalue weighted by molar-refractivity contribution is 0.102. The molecule has 0 aliphatic carbocycles. The molecule has 0 saturated carbocycles. The molecule has 3 N–H and O–H groups in total. The smallest absolute Gasteiger partial charge is 0.255 e. The van der Waals surface area contributed by atoms with Gasteiger partial charge < -0.3 is 16.0 Å². The third-order valence-corrected chi connectivity index (χ3v) is 5.12. The van der Waals surface area contributed by atoms with Crippen LogP contribution in [0.25, 0.3) is 10.9 Å². The fourth-order valence-corrected chi connectivity index (χ4v) is 3.49. The Morgan fingerprint density at radius 1 is 0.735 bits per heavy atom. The van der Waals surface area contributed by atoms with Crippen LogP contribution in [0.3, 0.4) is 0 Å². The molecular weight excluding hydrogens is 431 g/mol. The summed E-state index contributed by atoms with van der Waals surface area (Å²) in [7, 11) is 0. The molecule has 166 valence electrons. The maximum absolute atomic E-state index is 13.7. The number of aromatic nitrogens is 3. The van der Waals surface area contributed by atoms with Crippen LogP contribution in [0.15, 0.2) is 97.5 Å². The van der Waals surface area contributed by atoms with E-state index >= 15 is 0 Å². The summed E-state index contributed by atoms with van der Waals surface area (Å²) in [5.74, 6) is -0.580. The van der Waals surface area contributed by atoms with Crippen molar-refractivity contribution in [2.75, 3.05) is 16.0 Å². The summed E-state index contributed by atoms with van der Waals surface area (Å²) in [4.78, 5) is 17.1. The van der Waals surface area contributed by atoms with E-state index in [-0.39, 0.29) is 11.7 Å². The summed E-state index contributed by atoms with van der Waals surface area (Å²) in [5, 5.41) is 17.6. The van der Waals surface area contributed by atoms with Gasteiger partial charge in [-0.15, -0.1) is 0 Å². The van der Waals surface area contributed by atoms with Crippen molar-refractivity contribution in [1.29, 1.82) is 0 Å². The molecule has 0 unspecified atom stereocenters. The normalized spacial score (nSPS) is 10.6. The van der Waals surface area contributed by atoms with Crippen LogP contribution in [-0.2, 0) is 0 Å². The largest absolute Gasteiger partial charge is 0.355 e. The Morgan fingerprint density at radius 2 is 1.59 bits per heavy atom. The Morgan fingerprint density at radius 3 is 2.41 bits per heavy atom. The first kappa shape index (κ1) is 21.0. The van der Waals surface area contributed by atoms with Gasteiger partial charge in [0.1, 0.15) is 5.82 Å². The second-order valence-electron chi connectivity index (χ2n) is 7.51. The van der Waals surface area contributed by atoms with Gasteiger partial charge in [-0.05, 0) is 72.8 Å². The van der Waals surface area contributed by atoms with Gasteiger partial charge in [-0.3, -0.25) is 9.78 Å². The van der Waals surface area contributed by atoms with Gasteiger partial charge in [-0.2, -0.15) is 10.2 Å². The molecule has 1 amide bonds. The van der Waals surface area contributed by atoms with Gasteiger partial charge in [0.05, 0.1) is 23.6 Å². The van der Waals surface area contributed by atoms with Crippen molar-refractivity contribution in [3.8, 4) is 0 Å². The van der Waals surface area contributed by atoms with Crippen molar-refractivity contribution < 1.29 is 9.18 Å². The van der Waals surface area contributed by atoms with Gasteiger partial charge in [0.25, 0.3) is 5.91 Å². The number of nitrogens with zero attached hydrogens (tertiary/aromatic N) is 3. The molecule has 34 heavy (non-hydrogen) atoms. The number of pyridine rings is 1. The summed E-state index contributed by atoms with van der Waals surface area (Å²) in [6, 6.07) is 22.5. The number of benzene rings is 3. The highest BCUT2D eigenvalue weighted by Crippen LogP contribution is 2.26. The number of amides is 1. The van der Waals surface area contributed by atoms with Crippen LogP contribution in [-0.4, -0.2) is 21.1 Å². The van der Waals surface area contributed by atoms with Crippen molar-refractivity contribution in [3.05, 3.63) is 109 Å². The SMILES string of the molecule is O=C(Nc1ccc(Nc2ccnnc2)cc1)c1cccc(Nc2ccnc3ccc(F)cc23)c1. The van der Waals surface area contributed by atoms with E-state index in [2.05, 4.69) is 31.1 Å². The zero-order valence-electron chi connectivity index (χ0n) is 17.9. The van der Waals surface area contributed by atoms with E-state index in [1.807, 2.05) is 36.4 Å².